The summed E-state index contributed by atoms with van der Waals surface area (Å²) in [5, 5.41) is 4.51. The van der Waals surface area contributed by atoms with Gasteiger partial charge < -0.3 is 10.3 Å². The monoisotopic (exact) mass is 334 g/mol. The maximum absolute atomic E-state index is 13.4. The summed E-state index contributed by atoms with van der Waals surface area (Å²) in [7, 11) is 0. The Balaban J connectivity index is 2.03. The van der Waals surface area contributed by atoms with E-state index in [9.17, 15) is 4.79 Å². The summed E-state index contributed by atoms with van der Waals surface area (Å²) >= 11 is 0. The maximum Gasteiger partial charge on any atom is 0.186 e. The Kier molecular flexibility index (Phi) is 5.34. The smallest absolute Gasteiger partial charge is 0.186 e. The number of Topliss-reactive ketones (excluding diaryl/α,β-unsaturated/α-hetero) is 1. The molecule has 0 amide bonds. The van der Waals surface area contributed by atoms with E-state index in [-0.39, 0.29) is 17.9 Å². The first-order valence-electron chi connectivity index (χ1n) is 9.09. The van der Waals surface area contributed by atoms with Crippen LogP contribution in [0.15, 0.2) is 54.7 Å². The second-order valence-electron chi connectivity index (χ2n) is 6.58. The lowest BCUT2D eigenvalue weighted by molar-refractivity contribution is 0.0938. The second kappa shape index (κ2) is 7.66. The molecule has 0 aliphatic heterocycles. The molecule has 0 saturated heterocycles. The van der Waals surface area contributed by atoms with Gasteiger partial charge in [-0.1, -0.05) is 62.4 Å². The quantitative estimate of drug-likeness (QED) is 0.594. The van der Waals surface area contributed by atoms with E-state index in [0.717, 1.165) is 34.9 Å². The number of carbonyl (C=O) groups excluding carboxylic acids is 1. The van der Waals surface area contributed by atoms with E-state index in [1.54, 1.807) is 0 Å². The lowest BCUT2D eigenvalue weighted by atomic mass is 9.95. The molecular formula is C22H26N2O. The molecule has 0 bridgehead atoms. The molecule has 1 aromatic heterocycles. The topological polar surface area (TPSA) is 44.9 Å². The van der Waals surface area contributed by atoms with Gasteiger partial charge in [0.2, 0.25) is 0 Å². The molecule has 0 saturated carbocycles. The highest BCUT2D eigenvalue weighted by Gasteiger charge is 2.25. The molecule has 0 fully saturated rings. The Bertz CT molecular complexity index is 851. The minimum atomic E-state index is -0.333. The van der Waals surface area contributed by atoms with Crippen molar-refractivity contribution >= 4 is 16.7 Å². The van der Waals surface area contributed by atoms with Gasteiger partial charge in [0.05, 0.1) is 6.04 Å². The van der Waals surface area contributed by atoms with Gasteiger partial charge in [0, 0.05) is 28.7 Å². The molecule has 2 aromatic carbocycles. The molecule has 25 heavy (non-hydrogen) atoms. The van der Waals surface area contributed by atoms with E-state index in [2.05, 4.69) is 37.1 Å². The van der Waals surface area contributed by atoms with Crippen LogP contribution in [0.1, 0.15) is 54.7 Å². The van der Waals surface area contributed by atoms with Crippen LogP contribution >= 0.6 is 0 Å². The minimum absolute atomic E-state index is 0.117. The Morgan fingerprint density at radius 1 is 1.08 bits per heavy atom. The first-order valence-corrected chi connectivity index (χ1v) is 9.09. The summed E-state index contributed by atoms with van der Waals surface area (Å²) in [6, 6.07) is 16.1. The lowest BCUT2D eigenvalue weighted by Crippen LogP contribution is -2.35. The van der Waals surface area contributed by atoms with Crippen molar-refractivity contribution in [1.29, 1.82) is 0 Å². The van der Waals surface area contributed by atoms with Gasteiger partial charge in [-0.15, -0.1) is 0 Å². The van der Waals surface area contributed by atoms with Crippen molar-refractivity contribution in [2.24, 2.45) is 0 Å². The molecule has 0 aliphatic carbocycles. The van der Waals surface area contributed by atoms with Crippen LogP contribution in [0.5, 0.6) is 0 Å². The third-order valence-electron chi connectivity index (χ3n) is 4.91. The Labute approximate surface area is 149 Å². The number of rotatable bonds is 7. The number of ketones is 1. The van der Waals surface area contributed by atoms with Gasteiger partial charge in [0.15, 0.2) is 5.78 Å². The highest BCUT2D eigenvalue weighted by molar-refractivity contribution is 6.11. The van der Waals surface area contributed by atoms with Crippen molar-refractivity contribution in [2.75, 3.05) is 0 Å². The minimum Gasteiger partial charge on any atom is -0.360 e. The summed E-state index contributed by atoms with van der Waals surface area (Å²) in [4.78, 5) is 16.7. The SMILES string of the molecule is CCc1cccc2c(C(=O)[C@@H](N[C@H](C)CC)c3ccccc3)c[nH]c12. The fourth-order valence-corrected chi connectivity index (χ4v) is 3.24. The molecular weight excluding hydrogens is 308 g/mol. The Hall–Kier alpha value is -2.39. The van der Waals surface area contributed by atoms with Crippen molar-refractivity contribution in [2.45, 2.75) is 45.7 Å². The zero-order chi connectivity index (χ0) is 17.8. The van der Waals surface area contributed by atoms with Crippen molar-refractivity contribution in [3.63, 3.8) is 0 Å². The number of aromatic amines is 1. The molecule has 1 heterocycles. The van der Waals surface area contributed by atoms with E-state index in [4.69, 9.17) is 0 Å². The number of nitrogens with one attached hydrogen (secondary N) is 2. The van der Waals surface area contributed by atoms with Crippen molar-refractivity contribution in [3.05, 3.63) is 71.4 Å². The number of para-hydroxylation sites is 1. The van der Waals surface area contributed by atoms with Crippen LogP contribution in [0.25, 0.3) is 10.9 Å². The standard InChI is InChI=1S/C22H26N2O/c1-4-15(3)24-21(17-10-7-6-8-11-17)22(25)19-14-23-20-16(5-2)12-9-13-18(19)20/h6-15,21,23-24H,4-5H2,1-3H3/t15-,21+/m1/s1. The zero-order valence-electron chi connectivity index (χ0n) is 15.2. The van der Waals surface area contributed by atoms with Crippen LogP contribution in [0, 0.1) is 0 Å². The molecule has 0 spiro atoms. The number of aromatic nitrogens is 1. The molecule has 3 aromatic rings. The average molecular weight is 334 g/mol. The highest BCUT2D eigenvalue weighted by Crippen LogP contribution is 2.27. The summed E-state index contributed by atoms with van der Waals surface area (Å²) in [6.45, 7) is 6.38. The molecule has 2 N–H and O–H groups in total. The molecule has 3 nitrogen and oxygen atoms in total. The number of hydrogen-bond donors (Lipinski definition) is 2. The Morgan fingerprint density at radius 3 is 2.52 bits per heavy atom. The molecule has 3 rings (SSSR count). The van der Waals surface area contributed by atoms with Gasteiger partial charge in [-0.3, -0.25) is 4.79 Å². The van der Waals surface area contributed by atoms with Crippen LogP contribution < -0.4 is 5.32 Å². The molecule has 3 heteroatoms. The van der Waals surface area contributed by atoms with Gasteiger partial charge in [-0.25, -0.2) is 0 Å². The van der Waals surface area contributed by atoms with E-state index in [1.165, 1.54) is 5.56 Å². The van der Waals surface area contributed by atoms with Gasteiger partial charge in [0.1, 0.15) is 0 Å². The van der Waals surface area contributed by atoms with Crippen LogP contribution in [0.4, 0.5) is 0 Å². The van der Waals surface area contributed by atoms with Crippen molar-refractivity contribution < 1.29 is 4.79 Å². The van der Waals surface area contributed by atoms with Crippen LogP contribution in [0.2, 0.25) is 0 Å². The predicted octanol–water partition coefficient (Wildman–Crippen LogP) is 5.04. The first kappa shape index (κ1) is 17.4. The van der Waals surface area contributed by atoms with E-state index in [0.29, 0.717) is 0 Å². The molecule has 2 atom stereocenters. The second-order valence-corrected chi connectivity index (χ2v) is 6.58. The summed E-state index contributed by atoms with van der Waals surface area (Å²) in [5.41, 5.74) is 4.08. The number of H-pyrrole nitrogens is 1. The molecule has 130 valence electrons. The lowest BCUT2D eigenvalue weighted by Gasteiger charge is -2.22. The normalized spacial score (nSPS) is 13.7. The fourth-order valence-electron chi connectivity index (χ4n) is 3.24. The highest BCUT2D eigenvalue weighted by atomic mass is 16.1. The first-order chi connectivity index (χ1) is 12.2. The maximum atomic E-state index is 13.4. The Morgan fingerprint density at radius 2 is 1.84 bits per heavy atom. The van der Waals surface area contributed by atoms with Gasteiger partial charge in [0.25, 0.3) is 0 Å². The number of carbonyl (C=O) groups is 1. The van der Waals surface area contributed by atoms with Crippen LogP contribution in [-0.4, -0.2) is 16.8 Å². The van der Waals surface area contributed by atoms with Gasteiger partial charge >= 0.3 is 0 Å². The van der Waals surface area contributed by atoms with Crippen LogP contribution in [0.3, 0.4) is 0 Å². The largest absolute Gasteiger partial charge is 0.360 e. The zero-order valence-corrected chi connectivity index (χ0v) is 15.2. The van der Waals surface area contributed by atoms with Crippen molar-refractivity contribution in [1.82, 2.24) is 10.3 Å². The van der Waals surface area contributed by atoms with Crippen LogP contribution in [-0.2, 0) is 6.42 Å². The van der Waals surface area contributed by atoms with Crippen molar-refractivity contribution in [3.8, 4) is 0 Å². The molecule has 0 aliphatic rings. The number of hydrogen-bond acceptors (Lipinski definition) is 2. The molecule has 0 radical (unpaired) electrons. The summed E-state index contributed by atoms with van der Waals surface area (Å²) in [5.74, 6) is 0.117. The molecule has 0 unspecified atom stereocenters. The van der Waals surface area contributed by atoms with E-state index >= 15 is 0 Å². The van der Waals surface area contributed by atoms with E-state index in [1.807, 2.05) is 48.7 Å². The van der Waals surface area contributed by atoms with Gasteiger partial charge in [-0.05, 0) is 30.9 Å². The van der Waals surface area contributed by atoms with Gasteiger partial charge in [-0.2, -0.15) is 0 Å². The van der Waals surface area contributed by atoms with E-state index < -0.39 is 0 Å². The third-order valence-corrected chi connectivity index (χ3v) is 4.91. The number of fused-ring (bicyclic) bond motifs is 1. The predicted molar refractivity (Wildman–Crippen MR) is 104 cm³/mol. The summed E-state index contributed by atoms with van der Waals surface area (Å²) in [6.07, 6.45) is 3.78. The fraction of sp³-hybridized carbons (Fsp3) is 0.318. The number of aryl methyl sites for hydroxylation is 1. The number of benzene rings is 2. The summed E-state index contributed by atoms with van der Waals surface area (Å²) < 4.78 is 0. The average Bonchev–Trinajstić information content (AvgIpc) is 3.10. The third kappa shape index (κ3) is 3.52.